The first-order valence-electron chi connectivity index (χ1n) is 6.48. The van der Waals surface area contributed by atoms with Crippen molar-refractivity contribution in [3.63, 3.8) is 0 Å². The highest BCUT2D eigenvalue weighted by Gasteiger charge is 2.05. The molecule has 0 spiro atoms. The van der Waals surface area contributed by atoms with Gasteiger partial charge in [-0.2, -0.15) is 0 Å². The van der Waals surface area contributed by atoms with Crippen LogP contribution in [0.4, 0.5) is 0 Å². The van der Waals surface area contributed by atoms with Crippen LogP contribution < -0.4 is 0 Å². The van der Waals surface area contributed by atoms with Crippen molar-refractivity contribution in [2.45, 2.75) is 13.5 Å². The molecule has 94 valence electrons. The molecule has 0 heterocycles. The van der Waals surface area contributed by atoms with Crippen molar-refractivity contribution >= 4 is 10.8 Å². The van der Waals surface area contributed by atoms with Gasteiger partial charge in [0.05, 0.1) is 6.61 Å². The average Bonchev–Trinajstić information content (AvgIpc) is 2.48. The van der Waals surface area contributed by atoms with E-state index in [1.54, 1.807) is 0 Å². The number of aliphatic hydroxyl groups excluding tert-OH is 1. The fourth-order valence-corrected chi connectivity index (χ4v) is 2.54. The van der Waals surface area contributed by atoms with Crippen molar-refractivity contribution < 1.29 is 5.11 Å². The maximum absolute atomic E-state index is 9.27. The van der Waals surface area contributed by atoms with E-state index in [9.17, 15) is 5.11 Å². The third-order valence-electron chi connectivity index (χ3n) is 3.56. The van der Waals surface area contributed by atoms with Gasteiger partial charge in [0.1, 0.15) is 0 Å². The molecule has 0 aliphatic heterocycles. The second-order valence-electron chi connectivity index (χ2n) is 4.83. The van der Waals surface area contributed by atoms with Gasteiger partial charge in [0.2, 0.25) is 0 Å². The van der Waals surface area contributed by atoms with Crippen LogP contribution in [0.1, 0.15) is 11.1 Å². The minimum atomic E-state index is 0.0810. The topological polar surface area (TPSA) is 20.2 Å². The highest BCUT2D eigenvalue weighted by Crippen LogP contribution is 2.30. The molecule has 3 aromatic carbocycles. The molecule has 0 aliphatic rings. The standard InChI is InChI=1S/C18H16O/c1-13-9-10-17(18-8-3-2-7-16(13)18)15-6-4-5-14(11-15)12-19/h2-11,19H,12H2,1H3. The highest BCUT2D eigenvalue weighted by atomic mass is 16.3. The Hall–Kier alpha value is -2.12. The molecule has 0 fully saturated rings. The molecule has 0 saturated carbocycles. The largest absolute Gasteiger partial charge is 0.392 e. The van der Waals surface area contributed by atoms with Crippen LogP contribution in [0.2, 0.25) is 0 Å². The zero-order valence-corrected chi connectivity index (χ0v) is 10.9. The molecule has 0 bridgehead atoms. The number of aliphatic hydroxyl groups is 1. The van der Waals surface area contributed by atoms with Crippen LogP contribution in [-0.2, 0) is 6.61 Å². The number of aryl methyl sites for hydroxylation is 1. The van der Waals surface area contributed by atoms with Crippen LogP contribution in [0.25, 0.3) is 21.9 Å². The minimum absolute atomic E-state index is 0.0810. The summed E-state index contributed by atoms with van der Waals surface area (Å²) in [7, 11) is 0. The lowest BCUT2D eigenvalue weighted by molar-refractivity contribution is 0.282. The fraction of sp³-hybridized carbons (Fsp3) is 0.111. The lowest BCUT2D eigenvalue weighted by Gasteiger charge is -2.10. The van der Waals surface area contributed by atoms with Gasteiger partial charge in [0.15, 0.2) is 0 Å². The molecule has 1 nitrogen and oxygen atoms in total. The Morgan fingerprint density at radius 3 is 2.42 bits per heavy atom. The smallest absolute Gasteiger partial charge is 0.0682 e. The monoisotopic (exact) mass is 248 g/mol. The minimum Gasteiger partial charge on any atom is -0.392 e. The van der Waals surface area contributed by atoms with E-state index in [1.165, 1.54) is 21.9 Å². The normalized spacial score (nSPS) is 10.8. The van der Waals surface area contributed by atoms with E-state index in [0.717, 1.165) is 11.1 Å². The van der Waals surface area contributed by atoms with Crippen LogP contribution in [0, 0.1) is 6.92 Å². The van der Waals surface area contributed by atoms with E-state index in [1.807, 2.05) is 12.1 Å². The second kappa shape index (κ2) is 4.87. The van der Waals surface area contributed by atoms with E-state index < -0.39 is 0 Å². The van der Waals surface area contributed by atoms with Crippen LogP contribution >= 0.6 is 0 Å². The summed E-state index contributed by atoms with van der Waals surface area (Å²) in [5.41, 5.74) is 4.61. The molecule has 1 N–H and O–H groups in total. The summed E-state index contributed by atoms with van der Waals surface area (Å²) in [6.45, 7) is 2.22. The Bertz CT molecular complexity index is 729. The predicted molar refractivity (Wildman–Crippen MR) is 80.0 cm³/mol. The van der Waals surface area contributed by atoms with Gasteiger partial charge in [-0.3, -0.25) is 0 Å². The van der Waals surface area contributed by atoms with E-state index in [2.05, 4.69) is 55.5 Å². The Morgan fingerprint density at radius 1 is 0.842 bits per heavy atom. The number of benzene rings is 3. The maximum Gasteiger partial charge on any atom is 0.0682 e. The number of fused-ring (bicyclic) bond motifs is 1. The van der Waals surface area contributed by atoms with Crippen molar-refractivity contribution in [2.75, 3.05) is 0 Å². The molecule has 3 aromatic rings. The van der Waals surface area contributed by atoms with Gasteiger partial charge < -0.3 is 5.11 Å². The van der Waals surface area contributed by atoms with Gasteiger partial charge in [-0.05, 0) is 46.0 Å². The molecule has 3 rings (SSSR count). The molecule has 0 atom stereocenters. The fourth-order valence-electron chi connectivity index (χ4n) is 2.54. The van der Waals surface area contributed by atoms with Gasteiger partial charge in [0, 0.05) is 0 Å². The summed E-state index contributed by atoms with van der Waals surface area (Å²) in [5, 5.41) is 11.8. The van der Waals surface area contributed by atoms with E-state index >= 15 is 0 Å². The zero-order valence-electron chi connectivity index (χ0n) is 10.9. The Labute approximate surface area is 113 Å². The first-order chi connectivity index (χ1) is 9.29. The summed E-state index contributed by atoms with van der Waals surface area (Å²) < 4.78 is 0. The molecule has 0 unspecified atom stereocenters. The summed E-state index contributed by atoms with van der Waals surface area (Å²) in [4.78, 5) is 0. The highest BCUT2D eigenvalue weighted by molar-refractivity contribution is 5.98. The van der Waals surface area contributed by atoms with Crippen LogP contribution in [-0.4, -0.2) is 5.11 Å². The van der Waals surface area contributed by atoms with Crippen molar-refractivity contribution in [1.82, 2.24) is 0 Å². The first-order valence-corrected chi connectivity index (χ1v) is 6.48. The van der Waals surface area contributed by atoms with Crippen molar-refractivity contribution in [2.24, 2.45) is 0 Å². The summed E-state index contributed by atoms with van der Waals surface area (Å²) in [6.07, 6.45) is 0. The van der Waals surface area contributed by atoms with Gasteiger partial charge in [-0.1, -0.05) is 54.6 Å². The Morgan fingerprint density at radius 2 is 1.63 bits per heavy atom. The van der Waals surface area contributed by atoms with Crippen LogP contribution in [0.15, 0.2) is 60.7 Å². The average molecular weight is 248 g/mol. The molecule has 0 aromatic heterocycles. The molecule has 19 heavy (non-hydrogen) atoms. The SMILES string of the molecule is Cc1ccc(-c2cccc(CO)c2)c2ccccc12. The van der Waals surface area contributed by atoms with Gasteiger partial charge in [-0.25, -0.2) is 0 Å². The van der Waals surface area contributed by atoms with E-state index in [0.29, 0.717) is 0 Å². The molecule has 0 amide bonds. The van der Waals surface area contributed by atoms with E-state index in [4.69, 9.17) is 0 Å². The number of hydrogen-bond donors (Lipinski definition) is 1. The Balaban J connectivity index is 2.28. The molecule has 0 saturated heterocycles. The molecule has 0 radical (unpaired) electrons. The van der Waals surface area contributed by atoms with Gasteiger partial charge in [0.25, 0.3) is 0 Å². The number of rotatable bonds is 2. The van der Waals surface area contributed by atoms with Gasteiger partial charge >= 0.3 is 0 Å². The molecule has 1 heteroatoms. The zero-order chi connectivity index (χ0) is 13.2. The summed E-state index contributed by atoms with van der Waals surface area (Å²) in [5.74, 6) is 0. The molecule has 0 aliphatic carbocycles. The van der Waals surface area contributed by atoms with Crippen molar-refractivity contribution in [1.29, 1.82) is 0 Å². The van der Waals surface area contributed by atoms with Crippen LogP contribution in [0.5, 0.6) is 0 Å². The molecular formula is C18H16O. The van der Waals surface area contributed by atoms with Crippen molar-refractivity contribution in [3.05, 3.63) is 71.8 Å². The van der Waals surface area contributed by atoms with E-state index in [-0.39, 0.29) is 6.61 Å². The quantitative estimate of drug-likeness (QED) is 0.716. The van der Waals surface area contributed by atoms with Gasteiger partial charge in [-0.15, -0.1) is 0 Å². The second-order valence-corrected chi connectivity index (χ2v) is 4.83. The third kappa shape index (κ3) is 2.13. The molecular weight excluding hydrogens is 232 g/mol. The van der Waals surface area contributed by atoms with Crippen LogP contribution in [0.3, 0.4) is 0 Å². The lowest BCUT2D eigenvalue weighted by atomic mass is 9.95. The van der Waals surface area contributed by atoms with Crippen molar-refractivity contribution in [3.8, 4) is 11.1 Å². The maximum atomic E-state index is 9.27. The number of hydrogen-bond acceptors (Lipinski definition) is 1. The third-order valence-corrected chi connectivity index (χ3v) is 3.56. The lowest BCUT2D eigenvalue weighted by Crippen LogP contribution is -1.87. The predicted octanol–water partition coefficient (Wildman–Crippen LogP) is 4.31. The first kappa shape index (κ1) is 11.9. The summed E-state index contributed by atoms with van der Waals surface area (Å²) >= 11 is 0. The summed E-state index contributed by atoms with van der Waals surface area (Å²) in [6, 6.07) is 20.9. The Kier molecular flexibility index (Phi) is 3.06.